The maximum atomic E-state index is 12.3. The first kappa shape index (κ1) is 21.1. The smallest absolute Gasteiger partial charge is 0.382 e. The van der Waals surface area contributed by atoms with Crippen LogP contribution in [-0.2, 0) is 4.79 Å². The van der Waals surface area contributed by atoms with E-state index in [2.05, 4.69) is 15.3 Å². The van der Waals surface area contributed by atoms with Gasteiger partial charge in [-0.05, 0) is 25.0 Å². The van der Waals surface area contributed by atoms with Gasteiger partial charge in [-0.3, -0.25) is 14.5 Å². The summed E-state index contributed by atoms with van der Waals surface area (Å²) in [5.41, 5.74) is 1.18. The molecule has 0 unspecified atom stereocenters. The average Bonchev–Trinajstić information content (AvgIpc) is 2.73. The molecule has 0 radical (unpaired) electrons. The van der Waals surface area contributed by atoms with Gasteiger partial charge in [0.05, 0.1) is 6.54 Å². The molecule has 1 saturated heterocycles. The molecule has 1 amide bonds. The summed E-state index contributed by atoms with van der Waals surface area (Å²) in [6.45, 7) is -0.169. The second kappa shape index (κ2) is 8.54. The van der Waals surface area contributed by atoms with Crippen molar-refractivity contribution in [3.8, 4) is 0 Å². The number of pyridine rings is 2. The van der Waals surface area contributed by atoms with Gasteiger partial charge in [0.25, 0.3) is 5.56 Å². The van der Waals surface area contributed by atoms with E-state index < -0.39 is 18.6 Å². The summed E-state index contributed by atoms with van der Waals surface area (Å²) < 4.78 is 36.7. The quantitative estimate of drug-likeness (QED) is 0.539. The highest BCUT2D eigenvalue weighted by molar-refractivity contribution is 6.10. The number of fused-ring (bicyclic) bond motifs is 3. The Morgan fingerprint density at radius 3 is 2.58 bits per heavy atom. The molecule has 0 aliphatic carbocycles. The summed E-state index contributed by atoms with van der Waals surface area (Å²) in [7, 11) is 0. The summed E-state index contributed by atoms with van der Waals surface area (Å²) in [4.78, 5) is 33.0. The average molecular weight is 433 g/mol. The second-order valence-electron chi connectivity index (χ2n) is 7.67. The van der Waals surface area contributed by atoms with Crippen molar-refractivity contribution in [2.24, 2.45) is 0 Å². The fraction of sp³-hybridized carbons (Fsp3) is 0.381. The van der Waals surface area contributed by atoms with Crippen LogP contribution in [0.25, 0.3) is 21.8 Å². The summed E-state index contributed by atoms with van der Waals surface area (Å²) in [5.74, 6) is -0.626. The molecule has 3 N–H and O–H groups in total. The Labute approximate surface area is 175 Å². The Bertz CT molecular complexity index is 1150. The van der Waals surface area contributed by atoms with E-state index in [0.29, 0.717) is 24.1 Å². The molecule has 0 bridgehead atoms. The molecule has 1 aliphatic rings. The van der Waals surface area contributed by atoms with Gasteiger partial charge in [0.15, 0.2) is 0 Å². The first-order valence-corrected chi connectivity index (χ1v) is 10.0. The van der Waals surface area contributed by atoms with Crippen molar-refractivity contribution in [3.63, 3.8) is 0 Å². The fourth-order valence-electron chi connectivity index (χ4n) is 3.94. The number of benzene rings is 1. The van der Waals surface area contributed by atoms with Crippen molar-refractivity contribution in [1.82, 2.24) is 20.2 Å². The third-order valence-electron chi connectivity index (χ3n) is 5.42. The van der Waals surface area contributed by atoms with Crippen LogP contribution >= 0.6 is 0 Å². The first-order chi connectivity index (χ1) is 14.8. The van der Waals surface area contributed by atoms with Crippen LogP contribution in [0, 0.1) is 0 Å². The standard InChI is InChI=1S/C21H22F3N5O2/c22-21(23,24)12-26-17(30)11-29-9-6-13(7-10-29)27-16-5-8-25-19-18(16)14-3-1-2-4-15(14)20(31)28-19/h1-5,8,13H,6-7,9-12H2,(H,26,30)(H2,25,27,28,31). The zero-order chi connectivity index (χ0) is 22.0. The van der Waals surface area contributed by atoms with Gasteiger partial charge in [0.1, 0.15) is 12.2 Å². The van der Waals surface area contributed by atoms with E-state index in [4.69, 9.17) is 0 Å². The summed E-state index contributed by atoms with van der Waals surface area (Å²) in [6.07, 6.45) is -1.31. The summed E-state index contributed by atoms with van der Waals surface area (Å²) >= 11 is 0. The van der Waals surface area contributed by atoms with Crippen LogP contribution in [0.15, 0.2) is 41.3 Å². The van der Waals surface area contributed by atoms with E-state index >= 15 is 0 Å². The molecule has 2 aromatic heterocycles. The number of aromatic amines is 1. The highest BCUT2D eigenvalue weighted by atomic mass is 19.4. The number of hydrogen-bond acceptors (Lipinski definition) is 5. The molecule has 1 aromatic carbocycles. The molecule has 31 heavy (non-hydrogen) atoms. The molecule has 7 nitrogen and oxygen atoms in total. The lowest BCUT2D eigenvalue weighted by Gasteiger charge is -2.32. The minimum Gasteiger partial charge on any atom is -0.382 e. The van der Waals surface area contributed by atoms with Crippen LogP contribution in [0.5, 0.6) is 0 Å². The number of nitrogens with one attached hydrogen (secondary N) is 3. The number of rotatable bonds is 5. The van der Waals surface area contributed by atoms with E-state index in [0.717, 1.165) is 29.3 Å². The van der Waals surface area contributed by atoms with Crippen LogP contribution in [0.4, 0.5) is 18.9 Å². The minimum absolute atomic E-state index is 0.0487. The maximum Gasteiger partial charge on any atom is 0.405 e. The van der Waals surface area contributed by atoms with Gasteiger partial charge >= 0.3 is 6.18 Å². The number of H-pyrrole nitrogens is 1. The van der Waals surface area contributed by atoms with E-state index in [1.807, 2.05) is 34.5 Å². The highest BCUT2D eigenvalue weighted by Gasteiger charge is 2.28. The number of halogens is 3. The number of anilines is 1. The topological polar surface area (TPSA) is 90.1 Å². The number of nitrogens with zero attached hydrogens (tertiary/aromatic N) is 2. The minimum atomic E-state index is -4.41. The lowest BCUT2D eigenvalue weighted by Crippen LogP contribution is -2.45. The molecule has 0 atom stereocenters. The Hall–Kier alpha value is -3.14. The lowest BCUT2D eigenvalue weighted by atomic mass is 10.0. The van der Waals surface area contributed by atoms with Gasteiger partial charge in [0.2, 0.25) is 5.91 Å². The monoisotopic (exact) mass is 433 g/mol. The second-order valence-corrected chi connectivity index (χ2v) is 7.67. The molecular weight excluding hydrogens is 411 g/mol. The molecule has 4 rings (SSSR count). The Morgan fingerprint density at radius 2 is 1.87 bits per heavy atom. The van der Waals surface area contributed by atoms with E-state index in [-0.39, 0.29) is 18.1 Å². The van der Waals surface area contributed by atoms with Gasteiger partial charge in [0, 0.05) is 47.2 Å². The van der Waals surface area contributed by atoms with Gasteiger partial charge in [-0.1, -0.05) is 18.2 Å². The van der Waals surface area contributed by atoms with Crippen LogP contribution in [0.1, 0.15) is 12.8 Å². The molecular formula is C21H22F3N5O2. The van der Waals surface area contributed by atoms with Crippen molar-refractivity contribution in [1.29, 1.82) is 0 Å². The third kappa shape index (κ3) is 4.96. The first-order valence-electron chi connectivity index (χ1n) is 10.0. The molecule has 3 heterocycles. The zero-order valence-corrected chi connectivity index (χ0v) is 16.6. The molecule has 1 aliphatic heterocycles. The van der Waals surface area contributed by atoms with Crippen LogP contribution in [-0.4, -0.2) is 59.2 Å². The molecule has 3 aromatic rings. The number of carbonyl (C=O) groups is 1. The number of hydrogen-bond donors (Lipinski definition) is 3. The molecule has 1 fully saturated rings. The molecule has 0 saturated carbocycles. The summed E-state index contributed by atoms with van der Waals surface area (Å²) in [6, 6.07) is 9.35. The normalized spacial score (nSPS) is 16.0. The van der Waals surface area contributed by atoms with Crippen LogP contribution < -0.4 is 16.2 Å². The fourth-order valence-corrected chi connectivity index (χ4v) is 3.94. The van der Waals surface area contributed by atoms with E-state index in [1.165, 1.54) is 0 Å². The van der Waals surface area contributed by atoms with Crippen molar-refractivity contribution in [2.75, 3.05) is 31.5 Å². The Kier molecular flexibility index (Phi) is 5.81. The van der Waals surface area contributed by atoms with E-state index in [1.54, 1.807) is 12.3 Å². The number of likely N-dealkylation sites (tertiary alicyclic amines) is 1. The van der Waals surface area contributed by atoms with Crippen molar-refractivity contribution in [3.05, 3.63) is 46.9 Å². The molecule has 10 heteroatoms. The van der Waals surface area contributed by atoms with Crippen molar-refractivity contribution < 1.29 is 18.0 Å². The molecule has 164 valence electrons. The SMILES string of the molecule is O=C(CN1CCC(Nc2ccnc3[nH]c(=O)c4ccccc4c23)CC1)NCC(F)(F)F. The third-order valence-corrected chi connectivity index (χ3v) is 5.42. The van der Waals surface area contributed by atoms with Crippen LogP contribution in [0.2, 0.25) is 0 Å². The van der Waals surface area contributed by atoms with E-state index in [9.17, 15) is 22.8 Å². The number of piperidine rings is 1. The largest absolute Gasteiger partial charge is 0.405 e. The predicted octanol–water partition coefficient (Wildman–Crippen LogP) is 2.63. The number of aromatic nitrogens is 2. The Balaban J connectivity index is 1.43. The van der Waals surface area contributed by atoms with Gasteiger partial charge in [-0.15, -0.1) is 0 Å². The van der Waals surface area contributed by atoms with Gasteiger partial charge < -0.3 is 15.6 Å². The maximum absolute atomic E-state index is 12.3. The summed E-state index contributed by atoms with van der Waals surface area (Å²) in [5, 5.41) is 7.67. The predicted molar refractivity (Wildman–Crippen MR) is 112 cm³/mol. The highest BCUT2D eigenvalue weighted by Crippen LogP contribution is 2.28. The Morgan fingerprint density at radius 1 is 1.16 bits per heavy atom. The van der Waals surface area contributed by atoms with Gasteiger partial charge in [-0.2, -0.15) is 13.2 Å². The van der Waals surface area contributed by atoms with Crippen molar-refractivity contribution in [2.45, 2.75) is 25.1 Å². The number of amides is 1. The number of alkyl halides is 3. The lowest BCUT2D eigenvalue weighted by molar-refractivity contribution is -0.139. The van der Waals surface area contributed by atoms with Crippen LogP contribution in [0.3, 0.4) is 0 Å². The van der Waals surface area contributed by atoms with Gasteiger partial charge in [-0.25, -0.2) is 4.98 Å². The van der Waals surface area contributed by atoms with Crippen molar-refractivity contribution >= 4 is 33.4 Å². The zero-order valence-electron chi connectivity index (χ0n) is 16.6. The number of carbonyl (C=O) groups excluding carboxylic acids is 1. The molecule has 0 spiro atoms.